The van der Waals surface area contributed by atoms with E-state index in [1.807, 2.05) is 30.0 Å². The zero-order valence-electron chi connectivity index (χ0n) is 11.7. The number of halogens is 1. The smallest absolute Gasteiger partial charge is 0.157 e. The summed E-state index contributed by atoms with van der Waals surface area (Å²) in [5, 5.41) is 5.40. The van der Waals surface area contributed by atoms with Crippen LogP contribution < -0.4 is 5.32 Å². The molecule has 2 atom stereocenters. The molecule has 2 nitrogen and oxygen atoms in total. The molecule has 1 N–H and O–H groups in total. The Kier molecular flexibility index (Phi) is 4.80. The van der Waals surface area contributed by atoms with Crippen LogP contribution in [0.25, 0.3) is 0 Å². The van der Waals surface area contributed by atoms with Crippen molar-refractivity contribution in [1.29, 1.82) is 0 Å². The second-order valence-corrected chi connectivity index (χ2v) is 6.82. The molecule has 1 aromatic carbocycles. The first-order valence-corrected chi connectivity index (χ1v) is 8.13. The Morgan fingerprint density at radius 2 is 2.32 bits per heavy atom. The van der Waals surface area contributed by atoms with Gasteiger partial charge in [-0.3, -0.25) is 4.99 Å². The Balaban J connectivity index is 2.12. The number of rotatable bonds is 3. The minimum atomic E-state index is 0.132. The first-order valence-electron chi connectivity index (χ1n) is 6.77. The summed E-state index contributed by atoms with van der Waals surface area (Å²) in [5.74, 6) is 1.14. The number of aliphatic imine (C=N–C) groups is 1. The van der Waals surface area contributed by atoms with E-state index in [-0.39, 0.29) is 11.6 Å². The summed E-state index contributed by atoms with van der Waals surface area (Å²) in [4.78, 5) is 4.80. The van der Waals surface area contributed by atoms with Gasteiger partial charge in [0.1, 0.15) is 0 Å². The molecule has 0 aromatic heterocycles. The lowest BCUT2D eigenvalue weighted by Crippen LogP contribution is -2.48. The number of hydrogen-bond acceptors (Lipinski definition) is 2. The van der Waals surface area contributed by atoms with Crippen LogP contribution in [0.2, 0.25) is 5.02 Å². The molecule has 1 aliphatic rings. The van der Waals surface area contributed by atoms with Crippen molar-refractivity contribution in [3.05, 3.63) is 34.9 Å². The van der Waals surface area contributed by atoms with Crippen LogP contribution in [0.1, 0.15) is 45.2 Å². The summed E-state index contributed by atoms with van der Waals surface area (Å²) in [7, 11) is 0. The van der Waals surface area contributed by atoms with Gasteiger partial charge in [-0.2, -0.15) is 0 Å². The summed E-state index contributed by atoms with van der Waals surface area (Å²) in [5.41, 5.74) is 1.35. The molecule has 2 unspecified atom stereocenters. The molecule has 104 valence electrons. The maximum absolute atomic E-state index is 6.03. The fourth-order valence-electron chi connectivity index (χ4n) is 2.08. The van der Waals surface area contributed by atoms with Gasteiger partial charge >= 0.3 is 0 Å². The number of nitrogens with zero attached hydrogens (tertiary/aromatic N) is 1. The molecule has 19 heavy (non-hydrogen) atoms. The van der Waals surface area contributed by atoms with E-state index >= 15 is 0 Å². The van der Waals surface area contributed by atoms with E-state index in [1.54, 1.807) is 0 Å². The maximum atomic E-state index is 6.03. The van der Waals surface area contributed by atoms with Gasteiger partial charge in [0.2, 0.25) is 0 Å². The third-order valence-corrected chi connectivity index (χ3v) is 4.85. The van der Waals surface area contributed by atoms with Crippen LogP contribution in [0.3, 0.4) is 0 Å². The lowest BCUT2D eigenvalue weighted by atomic mass is 9.96. The molecule has 1 heterocycles. The van der Waals surface area contributed by atoms with Crippen LogP contribution in [-0.4, -0.2) is 16.5 Å². The van der Waals surface area contributed by atoms with Gasteiger partial charge in [-0.15, -0.1) is 0 Å². The minimum absolute atomic E-state index is 0.132. The zero-order chi connectivity index (χ0) is 13.9. The van der Waals surface area contributed by atoms with Gasteiger partial charge in [-0.05, 0) is 44.4 Å². The standard InChI is InChI=1S/C15H21ClN2S/c1-4-15(3)8-9-19-14(18-15)17-11(2)12-6-5-7-13(16)10-12/h5-7,10-11H,4,8-9H2,1-3H3,(H,17,18). The monoisotopic (exact) mass is 296 g/mol. The van der Waals surface area contributed by atoms with Crippen LogP contribution in [0.5, 0.6) is 0 Å². The summed E-state index contributed by atoms with van der Waals surface area (Å²) >= 11 is 7.84. The quantitative estimate of drug-likeness (QED) is 0.878. The molecule has 1 fully saturated rings. The van der Waals surface area contributed by atoms with Crippen molar-refractivity contribution in [3.63, 3.8) is 0 Å². The Labute approximate surface area is 125 Å². The normalized spacial score (nSPS) is 27.1. The number of amidine groups is 1. The Bertz CT molecular complexity index is 475. The largest absolute Gasteiger partial charge is 0.360 e. The van der Waals surface area contributed by atoms with Crippen LogP contribution in [0, 0.1) is 0 Å². The molecule has 1 aromatic rings. The van der Waals surface area contributed by atoms with Crippen molar-refractivity contribution in [2.75, 3.05) is 5.75 Å². The van der Waals surface area contributed by atoms with Crippen LogP contribution in [0.15, 0.2) is 29.3 Å². The van der Waals surface area contributed by atoms with Crippen molar-refractivity contribution >= 4 is 28.5 Å². The van der Waals surface area contributed by atoms with Crippen LogP contribution >= 0.6 is 23.4 Å². The molecule has 0 saturated carbocycles. The SMILES string of the molecule is CCC1(C)CCSC(=NC(C)c2cccc(Cl)c2)N1. The molecule has 1 saturated heterocycles. The van der Waals surface area contributed by atoms with Gasteiger partial charge in [0.15, 0.2) is 5.17 Å². The van der Waals surface area contributed by atoms with Crippen molar-refractivity contribution in [3.8, 4) is 0 Å². The van der Waals surface area contributed by atoms with Crippen molar-refractivity contribution < 1.29 is 0 Å². The topological polar surface area (TPSA) is 24.4 Å². The number of benzene rings is 1. The Morgan fingerprint density at radius 3 is 3.00 bits per heavy atom. The van der Waals surface area contributed by atoms with Crippen molar-refractivity contribution in [1.82, 2.24) is 5.32 Å². The number of nitrogens with one attached hydrogen (secondary N) is 1. The first kappa shape index (κ1) is 14.7. The summed E-state index contributed by atoms with van der Waals surface area (Å²) in [6, 6.07) is 8.07. The van der Waals surface area contributed by atoms with E-state index in [2.05, 4.69) is 32.2 Å². The average Bonchev–Trinajstić information content (AvgIpc) is 2.39. The van der Waals surface area contributed by atoms with E-state index in [9.17, 15) is 0 Å². The molecular weight excluding hydrogens is 276 g/mol. The van der Waals surface area contributed by atoms with E-state index in [0.717, 1.165) is 27.9 Å². The van der Waals surface area contributed by atoms with E-state index in [0.29, 0.717) is 0 Å². The lowest BCUT2D eigenvalue weighted by molar-refractivity contribution is 0.389. The molecule has 0 radical (unpaired) electrons. The van der Waals surface area contributed by atoms with Gasteiger partial charge < -0.3 is 5.32 Å². The second-order valence-electron chi connectivity index (χ2n) is 5.30. The van der Waals surface area contributed by atoms with E-state index < -0.39 is 0 Å². The summed E-state index contributed by atoms with van der Waals surface area (Å²) in [6.45, 7) is 6.60. The van der Waals surface area contributed by atoms with Gasteiger partial charge in [-0.25, -0.2) is 0 Å². The van der Waals surface area contributed by atoms with Gasteiger partial charge in [0.05, 0.1) is 6.04 Å². The highest BCUT2D eigenvalue weighted by molar-refractivity contribution is 8.13. The fourth-order valence-corrected chi connectivity index (χ4v) is 3.58. The predicted octanol–water partition coefficient (Wildman–Crippen LogP) is 4.65. The average molecular weight is 297 g/mol. The molecule has 0 amide bonds. The van der Waals surface area contributed by atoms with Gasteiger partial charge in [-0.1, -0.05) is 42.4 Å². The number of thioether (sulfide) groups is 1. The predicted molar refractivity (Wildman–Crippen MR) is 86.2 cm³/mol. The molecule has 4 heteroatoms. The van der Waals surface area contributed by atoms with E-state index in [4.69, 9.17) is 16.6 Å². The highest BCUT2D eigenvalue weighted by Gasteiger charge is 2.27. The second kappa shape index (κ2) is 6.19. The van der Waals surface area contributed by atoms with Crippen molar-refractivity contribution in [2.45, 2.75) is 45.2 Å². The maximum Gasteiger partial charge on any atom is 0.157 e. The molecule has 0 aliphatic carbocycles. The summed E-state index contributed by atoms with van der Waals surface area (Å²) < 4.78 is 0. The van der Waals surface area contributed by atoms with Crippen molar-refractivity contribution in [2.24, 2.45) is 4.99 Å². The minimum Gasteiger partial charge on any atom is -0.360 e. The van der Waals surface area contributed by atoms with E-state index in [1.165, 1.54) is 6.42 Å². The third-order valence-electron chi connectivity index (χ3n) is 3.72. The molecular formula is C15H21ClN2S. The molecule has 0 spiro atoms. The Hall–Kier alpha value is -0.670. The third kappa shape index (κ3) is 3.90. The van der Waals surface area contributed by atoms with Crippen LogP contribution in [0.4, 0.5) is 0 Å². The van der Waals surface area contributed by atoms with Crippen LogP contribution in [-0.2, 0) is 0 Å². The highest BCUT2D eigenvalue weighted by Crippen LogP contribution is 2.27. The Morgan fingerprint density at radius 1 is 1.53 bits per heavy atom. The first-order chi connectivity index (χ1) is 9.02. The lowest BCUT2D eigenvalue weighted by Gasteiger charge is -2.35. The molecule has 2 rings (SSSR count). The highest BCUT2D eigenvalue weighted by atomic mass is 35.5. The van der Waals surface area contributed by atoms with Gasteiger partial charge in [0.25, 0.3) is 0 Å². The zero-order valence-corrected chi connectivity index (χ0v) is 13.3. The number of hydrogen-bond donors (Lipinski definition) is 1. The van der Waals surface area contributed by atoms with Gasteiger partial charge in [0, 0.05) is 16.3 Å². The summed E-state index contributed by atoms with van der Waals surface area (Å²) in [6.07, 6.45) is 2.32. The molecule has 0 bridgehead atoms. The molecule has 1 aliphatic heterocycles. The fraction of sp³-hybridized carbons (Fsp3) is 0.533.